The molecule has 0 heterocycles. The highest BCUT2D eigenvalue weighted by Crippen LogP contribution is 2.21. The van der Waals surface area contributed by atoms with E-state index in [1.165, 1.54) is 30.3 Å². The predicted octanol–water partition coefficient (Wildman–Crippen LogP) is 6.44. The molecule has 3 N–H and O–H groups in total. The number of anilines is 2. The minimum atomic E-state index is -0.571. The van der Waals surface area contributed by atoms with Crippen LogP contribution in [0, 0.1) is 11.6 Å². The van der Waals surface area contributed by atoms with Crippen LogP contribution in [-0.2, 0) is 0 Å². The quantitative estimate of drug-likeness (QED) is 0.344. The van der Waals surface area contributed by atoms with Crippen LogP contribution < -0.4 is 16.0 Å². The Hall–Kier alpha value is -3.32. The second kappa shape index (κ2) is 11.3. The third-order valence-electron chi connectivity index (χ3n) is 4.94. The first kappa shape index (κ1) is 23.3. The normalized spacial score (nSPS) is 11.5. The molecular formula is C25H25F2N3OS. The van der Waals surface area contributed by atoms with Gasteiger partial charge in [0.25, 0.3) is 5.91 Å². The molecule has 0 spiro atoms. The molecule has 166 valence electrons. The van der Waals surface area contributed by atoms with Gasteiger partial charge in [0.15, 0.2) is 5.11 Å². The van der Waals surface area contributed by atoms with Crippen molar-refractivity contribution in [2.75, 3.05) is 10.6 Å². The van der Waals surface area contributed by atoms with E-state index < -0.39 is 11.7 Å². The molecule has 0 bridgehead atoms. The molecule has 0 aliphatic carbocycles. The van der Waals surface area contributed by atoms with Crippen LogP contribution in [0.3, 0.4) is 0 Å². The third kappa shape index (κ3) is 6.59. The van der Waals surface area contributed by atoms with E-state index in [0.29, 0.717) is 10.8 Å². The summed E-state index contributed by atoms with van der Waals surface area (Å²) in [5, 5.41) is 9.54. The first-order valence-corrected chi connectivity index (χ1v) is 10.9. The van der Waals surface area contributed by atoms with Gasteiger partial charge >= 0.3 is 0 Å². The molecule has 0 fully saturated rings. The number of unbranched alkanes of at least 4 members (excludes halogenated alkanes) is 1. The summed E-state index contributed by atoms with van der Waals surface area (Å²) in [5.41, 5.74) is 2.23. The Morgan fingerprint density at radius 1 is 0.906 bits per heavy atom. The monoisotopic (exact) mass is 453 g/mol. The molecule has 0 radical (unpaired) electrons. The number of halogens is 2. The minimum Gasteiger partial charge on any atom is -0.356 e. The number of carbonyl (C=O) groups is 1. The number of carbonyl (C=O) groups excluding carboxylic acids is 1. The molecule has 0 aliphatic heterocycles. The number of amides is 1. The van der Waals surface area contributed by atoms with Crippen molar-refractivity contribution >= 4 is 34.6 Å². The lowest BCUT2D eigenvalue weighted by molar-refractivity contribution is 0.102. The van der Waals surface area contributed by atoms with E-state index in [0.717, 1.165) is 30.5 Å². The molecule has 1 atom stereocenters. The van der Waals surface area contributed by atoms with Crippen LogP contribution >= 0.6 is 12.2 Å². The van der Waals surface area contributed by atoms with Crippen molar-refractivity contribution in [2.24, 2.45) is 0 Å². The number of nitrogens with one attached hydrogen (secondary N) is 3. The summed E-state index contributed by atoms with van der Waals surface area (Å²) in [6.45, 7) is 2.12. The fraction of sp³-hybridized carbons (Fsp3) is 0.200. The van der Waals surface area contributed by atoms with Gasteiger partial charge in [-0.25, -0.2) is 8.78 Å². The lowest BCUT2D eigenvalue weighted by Crippen LogP contribution is -2.32. The van der Waals surface area contributed by atoms with E-state index in [9.17, 15) is 13.6 Å². The van der Waals surface area contributed by atoms with E-state index in [1.807, 2.05) is 0 Å². The predicted molar refractivity (Wildman–Crippen MR) is 129 cm³/mol. The molecule has 3 aromatic rings. The Bertz CT molecular complexity index is 1060. The summed E-state index contributed by atoms with van der Waals surface area (Å²) in [6.07, 6.45) is 2.92. The zero-order valence-electron chi connectivity index (χ0n) is 17.7. The van der Waals surface area contributed by atoms with Gasteiger partial charge in [-0.15, -0.1) is 0 Å². The Morgan fingerprint density at radius 3 is 2.16 bits per heavy atom. The fourth-order valence-corrected chi connectivity index (χ4v) is 3.49. The first-order valence-electron chi connectivity index (χ1n) is 10.4. The average Bonchev–Trinajstić information content (AvgIpc) is 2.79. The number of hydrogen-bond acceptors (Lipinski definition) is 2. The highest BCUT2D eigenvalue weighted by molar-refractivity contribution is 7.80. The number of rotatable bonds is 8. The number of thiocarbonyl (C=S) groups is 1. The van der Waals surface area contributed by atoms with Crippen LogP contribution in [0.1, 0.15) is 48.1 Å². The molecule has 4 nitrogen and oxygen atoms in total. The third-order valence-corrected chi connectivity index (χ3v) is 5.16. The zero-order chi connectivity index (χ0) is 22.9. The Kier molecular flexibility index (Phi) is 8.27. The SMILES string of the molecule is CCCCC(NC(=S)Nc1ccc(NC(=O)c2ccccc2F)cc1)c1ccc(F)cc1. The zero-order valence-corrected chi connectivity index (χ0v) is 18.5. The molecule has 0 aromatic heterocycles. The van der Waals surface area contributed by atoms with Crippen molar-refractivity contribution in [3.05, 3.63) is 95.6 Å². The fourth-order valence-electron chi connectivity index (χ4n) is 3.23. The van der Waals surface area contributed by atoms with Crippen LogP contribution in [-0.4, -0.2) is 11.0 Å². The number of hydrogen-bond donors (Lipinski definition) is 3. The van der Waals surface area contributed by atoms with Crippen LogP contribution in [0.5, 0.6) is 0 Å². The van der Waals surface area contributed by atoms with Gasteiger partial charge in [0.2, 0.25) is 0 Å². The van der Waals surface area contributed by atoms with Crippen molar-refractivity contribution in [3.63, 3.8) is 0 Å². The topological polar surface area (TPSA) is 53.2 Å². The molecule has 1 unspecified atom stereocenters. The van der Waals surface area contributed by atoms with Crippen molar-refractivity contribution in [1.82, 2.24) is 5.32 Å². The van der Waals surface area contributed by atoms with E-state index >= 15 is 0 Å². The minimum absolute atomic E-state index is 0.0148. The Morgan fingerprint density at radius 2 is 1.53 bits per heavy atom. The molecular weight excluding hydrogens is 428 g/mol. The lowest BCUT2D eigenvalue weighted by Gasteiger charge is -2.21. The second-order valence-electron chi connectivity index (χ2n) is 7.36. The summed E-state index contributed by atoms with van der Waals surface area (Å²) >= 11 is 5.46. The van der Waals surface area contributed by atoms with E-state index in [2.05, 4.69) is 22.9 Å². The smallest absolute Gasteiger partial charge is 0.258 e. The molecule has 3 aromatic carbocycles. The van der Waals surface area contributed by atoms with E-state index in [-0.39, 0.29) is 17.4 Å². The van der Waals surface area contributed by atoms with Crippen molar-refractivity contribution in [1.29, 1.82) is 0 Å². The van der Waals surface area contributed by atoms with Crippen molar-refractivity contribution < 1.29 is 13.6 Å². The van der Waals surface area contributed by atoms with Gasteiger partial charge in [0.05, 0.1) is 11.6 Å². The summed E-state index contributed by atoms with van der Waals surface area (Å²) in [5.74, 6) is -1.36. The molecule has 3 rings (SSSR count). The summed E-state index contributed by atoms with van der Waals surface area (Å²) in [7, 11) is 0. The van der Waals surface area contributed by atoms with Gasteiger partial charge in [-0.1, -0.05) is 44.0 Å². The van der Waals surface area contributed by atoms with E-state index in [1.54, 1.807) is 42.5 Å². The van der Waals surface area contributed by atoms with E-state index in [4.69, 9.17) is 12.2 Å². The maximum absolute atomic E-state index is 13.8. The molecule has 32 heavy (non-hydrogen) atoms. The molecule has 0 aliphatic rings. The van der Waals surface area contributed by atoms with Gasteiger partial charge in [-0.05, 0) is 72.7 Å². The average molecular weight is 454 g/mol. The van der Waals surface area contributed by atoms with Crippen LogP contribution in [0.4, 0.5) is 20.2 Å². The van der Waals surface area contributed by atoms with Gasteiger partial charge in [0.1, 0.15) is 11.6 Å². The molecule has 0 saturated heterocycles. The second-order valence-corrected chi connectivity index (χ2v) is 7.76. The Labute approximate surface area is 192 Å². The van der Waals surface area contributed by atoms with Gasteiger partial charge < -0.3 is 16.0 Å². The van der Waals surface area contributed by atoms with Crippen molar-refractivity contribution in [2.45, 2.75) is 32.2 Å². The maximum atomic E-state index is 13.8. The molecule has 7 heteroatoms. The van der Waals surface area contributed by atoms with Crippen molar-refractivity contribution in [3.8, 4) is 0 Å². The summed E-state index contributed by atoms with van der Waals surface area (Å²) in [6, 6.07) is 19.2. The van der Waals surface area contributed by atoms with Crippen LogP contribution in [0.2, 0.25) is 0 Å². The summed E-state index contributed by atoms with van der Waals surface area (Å²) in [4.78, 5) is 12.2. The van der Waals surface area contributed by atoms with Crippen LogP contribution in [0.25, 0.3) is 0 Å². The van der Waals surface area contributed by atoms with Gasteiger partial charge in [0, 0.05) is 11.4 Å². The van der Waals surface area contributed by atoms with Gasteiger partial charge in [-0.3, -0.25) is 4.79 Å². The highest BCUT2D eigenvalue weighted by Gasteiger charge is 2.13. The molecule has 0 saturated carbocycles. The number of benzene rings is 3. The standard InChI is InChI=1S/C25H25F2N3OS/c1-2-3-8-23(17-9-11-18(26)12-10-17)30-25(32)29-20-15-13-19(14-16-20)28-24(31)21-6-4-5-7-22(21)27/h4-7,9-16,23H,2-3,8H2,1H3,(H,28,31)(H2,29,30,32). The molecule has 1 amide bonds. The largest absolute Gasteiger partial charge is 0.356 e. The Balaban J connectivity index is 1.60. The summed E-state index contributed by atoms with van der Waals surface area (Å²) < 4.78 is 27.0. The first-order chi connectivity index (χ1) is 15.5. The van der Waals surface area contributed by atoms with Crippen LogP contribution in [0.15, 0.2) is 72.8 Å². The van der Waals surface area contributed by atoms with Gasteiger partial charge in [-0.2, -0.15) is 0 Å². The highest BCUT2D eigenvalue weighted by atomic mass is 32.1. The maximum Gasteiger partial charge on any atom is 0.258 e. The lowest BCUT2D eigenvalue weighted by atomic mass is 10.0.